The van der Waals surface area contributed by atoms with Gasteiger partial charge >= 0.3 is 0 Å². The monoisotopic (exact) mass is 174 g/mol. The van der Waals surface area contributed by atoms with Crippen molar-refractivity contribution in [2.45, 2.75) is 19.3 Å². The van der Waals surface area contributed by atoms with Gasteiger partial charge in [-0.05, 0) is 18.4 Å². The Morgan fingerprint density at radius 2 is 2.00 bits per heavy atom. The molecule has 0 saturated carbocycles. The third-order valence-corrected chi connectivity index (χ3v) is 1.78. The summed E-state index contributed by atoms with van der Waals surface area (Å²) in [6.07, 6.45) is 5.68. The Kier molecular flexibility index (Phi) is 4.56. The van der Waals surface area contributed by atoms with Gasteiger partial charge in [-0.25, -0.2) is 0 Å². The lowest BCUT2D eigenvalue weighted by atomic mass is 10.1. The summed E-state index contributed by atoms with van der Waals surface area (Å²) in [5.41, 5.74) is 1.38. The fourth-order valence-corrected chi connectivity index (χ4v) is 1.15. The predicted molar refractivity (Wildman–Crippen MR) is 54.2 cm³/mol. The second-order valence-corrected chi connectivity index (χ2v) is 2.82. The van der Waals surface area contributed by atoms with Crippen LogP contribution in [0.2, 0.25) is 0 Å². The van der Waals surface area contributed by atoms with Crippen LogP contribution in [0, 0.1) is 12.0 Å². The molecule has 0 heterocycles. The molecular formula is C12H14O. The molecule has 0 aliphatic rings. The van der Waals surface area contributed by atoms with E-state index in [-0.39, 0.29) is 0 Å². The number of aryl methyl sites for hydroxylation is 1. The number of unbranched alkanes of at least 4 members (excludes halogenated alkanes) is 1. The molecule has 0 radical (unpaired) electrons. The van der Waals surface area contributed by atoms with E-state index in [9.17, 15) is 0 Å². The normalized spacial score (nSPS) is 8.69. The second kappa shape index (κ2) is 6.14. The van der Waals surface area contributed by atoms with E-state index in [1.807, 2.05) is 6.07 Å². The van der Waals surface area contributed by atoms with Gasteiger partial charge in [0, 0.05) is 6.42 Å². The van der Waals surface area contributed by atoms with Gasteiger partial charge in [-0.1, -0.05) is 36.3 Å². The minimum atomic E-state index is 0.905. The van der Waals surface area contributed by atoms with Crippen molar-refractivity contribution in [3.63, 3.8) is 0 Å². The summed E-state index contributed by atoms with van der Waals surface area (Å²) in [6, 6.07) is 10.5. The average Bonchev–Trinajstić information content (AvgIpc) is 2.19. The highest BCUT2D eigenvalue weighted by atomic mass is 16.5. The quantitative estimate of drug-likeness (QED) is 0.505. The molecule has 0 aliphatic heterocycles. The van der Waals surface area contributed by atoms with E-state index < -0.39 is 0 Å². The van der Waals surface area contributed by atoms with E-state index in [1.165, 1.54) is 5.56 Å². The third-order valence-electron chi connectivity index (χ3n) is 1.78. The average molecular weight is 174 g/mol. The van der Waals surface area contributed by atoms with Gasteiger partial charge in [-0.2, -0.15) is 0 Å². The number of hydrogen-bond donors (Lipinski definition) is 0. The standard InChI is InChI=1S/C12H14O/c1-13-11-7-3-6-10-12-8-4-2-5-9-12/h2,4-5,8-9H,3,6,10H2,1H3. The summed E-state index contributed by atoms with van der Waals surface area (Å²) in [4.78, 5) is 0. The number of benzene rings is 1. The smallest absolute Gasteiger partial charge is 0.109 e. The van der Waals surface area contributed by atoms with Crippen LogP contribution in [-0.2, 0) is 11.2 Å². The highest BCUT2D eigenvalue weighted by Crippen LogP contribution is 2.03. The molecule has 1 aromatic carbocycles. The maximum atomic E-state index is 4.63. The lowest BCUT2D eigenvalue weighted by Gasteiger charge is -1.96. The second-order valence-electron chi connectivity index (χ2n) is 2.82. The van der Waals surface area contributed by atoms with E-state index in [2.05, 4.69) is 41.0 Å². The van der Waals surface area contributed by atoms with Crippen molar-refractivity contribution in [2.75, 3.05) is 7.11 Å². The lowest BCUT2D eigenvalue weighted by molar-refractivity contribution is 0.371. The van der Waals surface area contributed by atoms with Crippen LogP contribution in [0.3, 0.4) is 0 Å². The maximum Gasteiger partial charge on any atom is 0.109 e. The van der Waals surface area contributed by atoms with Crippen LogP contribution in [-0.4, -0.2) is 7.11 Å². The Morgan fingerprint density at radius 3 is 2.69 bits per heavy atom. The molecule has 0 amide bonds. The molecule has 0 aliphatic carbocycles. The van der Waals surface area contributed by atoms with Crippen LogP contribution in [0.25, 0.3) is 0 Å². The minimum Gasteiger partial charge on any atom is -0.450 e. The van der Waals surface area contributed by atoms with Crippen molar-refractivity contribution in [3.8, 4) is 12.0 Å². The summed E-state index contributed by atoms with van der Waals surface area (Å²) >= 11 is 0. The molecule has 1 aromatic rings. The Balaban J connectivity index is 2.20. The molecule has 0 unspecified atom stereocenters. The SMILES string of the molecule is COC#CCCCc1ccccc1. The van der Waals surface area contributed by atoms with Gasteiger partial charge in [-0.3, -0.25) is 0 Å². The van der Waals surface area contributed by atoms with E-state index >= 15 is 0 Å². The van der Waals surface area contributed by atoms with E-state index in [4.69, 9.17) is 0 Å². The number of methoxy groups -OCH3 is 1. The van der Waals surface area contributed by atoms with Crippen molar-refractivity contribution in [2.24, 2.45) is 0 Å². The van der Waals surface area contributed by atoms with E-state index in [0.717, 1.165) is 19.3 Å². The summed E-state index contributed by atoms with van der Waals surface area (Å²) in [7, 11) is 1.59. The van der Waals surface area contributed by atoms with Crippen LogP contribution >= 0.6 is 0 Å². The summed E-state index contributed by atoms with van der Waals surface area (Å²) < 4.78 is 4.63. The molecule has 1 nitrogen and oxygen atoms in total. The number of rotatable bonds is 3. The molecule has 0 N–H and O–H groups in total. The molecule has 1 rings (SSSR count). The molecule has 0 bridgehead atoms. The first-order valence-corrected chi connectivity index (χ1v) is 4.48. The minimum absolute atomic E-state index is 0.905. The lowest BCUT2D eigenvalue weighted by Crippen LogP contribution is -1.83. The Bertz CT molecular complexity index is 279. The van der Waals surface area contributed by atoms with Gasteiger partial charge in [0.15, 0.2) is 0 Å². The first-order chi connectivity index (χ1) is 6.43. The van der Waals surface area contributed by atoms with Crippen molar-refractivity contribution in [1.29, 1.82) is 0 Å². The molecule has 1 heteroatoms. The molecule has 0 saturated heterocycles. The molecule has 0 aromatic heterocycles. The van der Waals surface area contributed by atoms with Crippen LogP contribution in [0.4, 0.5) is 0 Å². The number of hydrogen-bond acceptors (Lipinski definition) is 1. The predicted octanol–water partition coefficient (Wildman–Crippen LogP) is 2.62. The van der Waals surface area contributed by atoms with E-state index in [0.29, 0.717) is 0 Å². The summed E-state index contributed by atoms with van der Waals surface area (Å²) in [6.45, 7) is 0. The Morgan fingerprint density at radius 1 is 1.23 bits per heavy atom. The first-order valence-electron chi connectivity index (χ1n) is 4.48. The summed E-state index contributed by atoms with van der Waals surface area (Å²) in [5.74, 6) is 2.93. The largest absolute Gasteiger partial charge is 0.450 e. The zero-order chi connectivity index (χ0) is 9.36. The number of ether oxygens (including phenoxy) is 1. The van der Waals surface area contributed by atoms with Gasteiger partial charge in [-0.15, -0.1) is 0 Å². The molecule has 68 valence electrons. The maximum absolute atomic E-state index is 4.63. The van der Waals surface area contributed by atoms with Gasteiger partial charge < -0.3 is 4.74 Å². The van der Waals surface area contributed by atoms with Gasteiger partial charge in [0.05, 0.1) is 7.11 Å². The fraction of sp³-hybridized carbons (Fsp3) is 0.333. The van der Waals surface area contributed by atoms with Crippen LogP contribution in [0.15, 0.2) is 30.3 Å². The Hall–Kier alpha value is -1.42. The highest BCUT2D eigenvalue weighted by molar-refractivity contribution is 5.14. The van der Waals surface area contributed by atoms with Crippen molar-refractivity contribution in [3.05, 3.63) is 35.9 Å². The topological polar surface area (TPSA) is 9.23 Å². The zero-order valence-corrected chi connectivity index (χ0v) is 7.92. The van der Waals surface area contributed by atoms with Crippen molar-refractivity contribution in [1.82, 2.24) is 0 Å². The third kappa shape index (κ3) is 4.22. The molecule has 0 spiro atoms. The first kappa shape index (κ1) is 9.67. The molecule has 0 atom stereocenters. The van der Waals surface area contributed by atoms with Gasteiger partial charge in [0.2, 0.25) is 0 Å². The van der Waals surface area contributed by atoms with Gasteiger partial charge in [0.1, 0.15) is 6.11 Å². The fourth-order valence-electron chi connectivity index (χ4n) is 1.15. The van der Waals surface area contributed by atoms with Crippen LogP contribution < -0.4 is 0 Å². The van der Waals surface area contributed by atoms with Crippen molar-refractivity contribution >= 4 is 0 Å². The molecule has 13 heavy (non-hydrogen) atoms. The molecular weight excluding hydrogens is 160 g/mol. The van der Waals surface area contributed by atoms with E-state index in [1.54, 1.807) is 7.11 Å². The van der Waals surface area contributed by atoms with Crippen molar-refractivity contribution < 1.29 is 4.74 Å². The summed E-state index contributed by atoms with van der Waals surface area (Å²) in [5, 5.41) is 0. The zero-order valence-electron chi connectivity index (χ0n) is 7.92. The molecule has 0 fully saturated rings. The van der Waals surface area contributed by atoms with Gasteiger partial charge in [0.25, 0.3) is 0 Å². The Labute approximate surface area is 79.7 Å². The van der Waals surface area contributed by atoms with Crippen LogP contribution in [0.5, 0.6) is 0 Å². The highest BCUT2D eigenvalue weighted by Gasteiger charge is 1.89. The van der Waals surface area contributed by atoms with Crippen LogP contribution in [0.1, 0.15) is 18.4 Å².